The van der Waals surface area contributed by atoms with Crippen molar-refractivity contribution in [2.45, 2.75) is 26.0 Å². The van der Waals surface area contributed by atoms with Gasteiger partial charge in [0, 0.05) is 17.7 Å². The fourth-order valence-electron chi connectivity index (χ4n) is 0.307. The first kappa shape index (κ1) is 9.69. The van der Waals surface area contributed by atoms with Crippen LogP contribution in [0, 0.1) is 5.92 Å². The molecule has 0 aliphatic heterocycles. The van der Waals surface area contributed by atoms with Gasteiger partial charge >= 0.3 is 0 Å². The second-order valence-corrected chi connectivity index (χ2v) is 3.33. The van der Waals surface area contributed by atoms with Crippen LogP contribution in [0.5, 0.6) is 0 Å². The monoisotopic (exact) mass is 158 g/mol. The number of hydrogen-bond donors (Lipinski definition) is 1. The Balaban J connectivity index is 3.52. The second kappa shape index (κ2) is 5.47. The average molecular weight is 158 g/mol. The van der Waals surface area contributed by atoms with Crippen LogP contribution < -0.4 is 0 Å². The predicted molar refractivity (Wildman–Crippen MR) is 50.3 cm³/mol. The van der Waals surface area contributed by atoms with Gasteiger partial charge in [0.25, 0.3) is 0 Å². The molecule has 2 nitrogen and oxygen atoms in total. The van der Waals surface area contributed by atoms with E-state index >= 15 is 0 Å². The molecule has 0 rings (SSSR count). The van der Waals surface area contributed by atoms with Gasteiger partial charge in [0.05, 0.1) is 0 Å². The Hall–Kier alpha value is -0.310. The average Bonchev–Trinajstić information content (AvgIpc) is 1.79. The Morgan fingerprint density at radius 2 is 1.60 bits per heavy atom. The van der Waals surface area contributed by atoms with E-state index in [4.69, 9.17) is 0 Å². The van der Waals surface area contributed by atoms with E-state index in [0.29, 0.717) is 5.92 Å². The summed E-state index contributed by atoms with van der Waals surface area (Å²) in [5, 5.41) is 7.77. The van der Waals surface area contributed by atoms with Gasteiger partial charge in [-0.1, -0.05) is 13.8 Å². The van der Waals surface area contributed by atoms with E-state index in [1.54, 1.807) is 12.4 Å². The van der Waals surface area contributed by atoms with Crippen molar-refractivity contribution in [3.8, 4) is 0 Å². The Bertz CT molecular complexity index is 112. The number of thiol groups is 1. The Labute approximate surface area is 67.8 Å². The highest BCUT2D eigenvalue weighted by Crippen LogP contribution is 1.88. The molecule has 0 amide bonds. The summed E-state index contributed by atoms with van der Waals surface area (Å²) < 4.78 is 0. The van der Waals surface area contributed by atoms with Gasteiger partial charge in [0.2, 0.25) is 0 Å². The van der Waals surface area contributed by atoms with Crippen molar-refractivity contribution in [3.63, 3.8) is 0 Å². The molecule has 0 saturated heterocycles. The van der Waals surface area contributed by atoms with Crippen molar-refractivity contribution in [2.75, 3.05) is 0 Å². The van der Waals surface area contributed by atoms with Crippen molar-refractivity contribution < 1.29 is 0 Å². The standard InChI is InChI=1S/C7H14N2S/c1-6(2)4-8-9-5-7(3)10/h4-7,10H,1-3H3/b8-4+,9-5+/t7-/m0/s1. The third-order valence-corrected chi connectivity index (χ3v) is 0.847. The molecule has 0 heterocycles. The Kier molecular flexibility index (Phi) is 5.30. The Morgan fingerprint density at radius 3 is 2.00 bits per heavy atom. The van der Waals surface area contributed by atoms with Crippen LogP contribution in [0.15, 0.2) is 10.2 Å². The summed E-state index contributed by atoms with van der Waals surface area (Å²) in [6.07, 6.45) is 3.49. The van der Waals surface area contributed by atoms with E-state index in [9.17, 15) is 0 Å². The Morgan fingerprint density at radius 1 is 1.10 bits per heavy atom. The van der Waals surface area contributed by atoms with Crippen molar-refractivity contribution in [1.29, 1.82) is 0 Å². The molecule has 0 radical (unpaired) electrons. The maximum Gasteiger partial charge on any atom is 0.0394 e. The van der Waals surface area contributed by atoms with E-state index in [2.05, 4.69) is 36.7 Å². The SMILES string of the molecule is CC(C)/C=N/N=C/[C@H](C)S. The van der Waals surface area contributed by atoms with Gasteiger partial charge in [0.1, 0.15) is 0 Å². The van der Waals surface area contributed by atoms with E-state index in [0.717, 1.165) is 0 Å². The molecule has 58 valence electrons. The van der Waals surface area contributed by atoms with Crippen molar-refractivity contribution >= 4 is 25.1 Å². The van der Waals surface area contributed by atoms with Crippen LogP contribution in [0.2, 0.25) is 0 Å². The fourth-order valence-corrected chi connectivity index (χ4v) is 0.366. The lowest BCUT2D eigenvalue weighted by molar-refractivity contribution is 0.900. The zero-order valence-electron chi connectivity index (χ0n) is 6.65. The first-order chi connectivity index (χ1) is 4.63. The largest absolute Gasteiger partial charge is 0.170 e. The van der Waals surface area contributed by atoms with E-state index in [1.807, 2.05) is 6.92 Å². The molecule has 0 unspecified atom stereocenters. The van der Waals surface area contributed by atoms with Gasteiger partial charge in [-0.15, -0.1) is 0 Å². The van der Waals surface area contributed by atoms with Crippen molar-refractivity contribution in [3.05, 3.63) is 0 Å². The molecule has 1 atom stereocenters. The summed E-state index contributed by atoms with van der Waals surface area (Å²) in [5.41, 5.74) is 0. The molecule has 0 aliphatic rings. The van der Waals surface area contributed by atoms with Crippen molar-refractivity contribution in [2.24, 2.45) is 16.1 Å². The lowest BCUT2D eigenvalue weighted by atomic mass is 10.3. The third kappa shape index (κ3) is 7.69. The quantitative estimate of drug-likeness (QED) is 0.369. The highest BCUT2D eigenvalue weighted by atomic mass is 32.1. The van der Waals surface area contributed by atoms with Crippen LogP contribution in [0.25, 0.3) is 0 Å². The van der Waals surface area contributed by atoms with Crippen LogP contribution >= 0.6 is 12.6 Å². The maximum atomic E-state index is 4.10. The van der Waals surface area contributed by atoms with Gasteiger partial charge < -0.3 is 0 Å². The first-order valence-electron chi connectivity index (χ1n) is 3.37. The zero-order valence-corrected chi connectivity index (χ0v) is 7.55. The summed E-state index contributed by atoms with van der Waals surface area (Å²) in [6.45, 7) is 6.06. The minimum absolute atomic E-state index is 0.185. The summed E-state index contributed by atoms with van der Waals surface area (Å²) in [6, 6.07) is 0. The van der Waals surface area contributed by atoms with Crippen molar-refractivity contribution in [1.82, 2.24) is 0 Å². The molecule has 0 saturated carbocycles. The highest BCUT2D eigenvalue weighted by molar-refractivity contribution is 7.81. The molecule has 0 aromatic heterocycles. The molecule has 0 bridgehead atoms. The molecule has 0 N–H and O–H groups in total. The van der Waals surface area contributed by atoms with Gasteiger partial charge in [-0.2, -0.15) is 22.8 Å². The molecule has 0 aromatic rings. The van der Waals surface area contributed by atoms with Gasteiger partial charge in [-0.25, -0.2) is 0 Å². The van der Waals surface area contributed by atoms with Crippen LogP contribution in [0.1, 0.15) is 20.8 Å². The van der Waals surface area contributed by atoms with Crippen LogP contribution in [-0.4, -0.2) is 17.7 Å². The summed E-state index contributed by atoms with van der Waals surface area (Å²) in [7, 11) is 0. The van der Waals surface area contributed by atoms with Gasteiger partial charge in [0.15, 0.2) is 0 Å². The normalized spacial score (nSPS) is 15.7. The fraction of sp³-hybridized carbons (Fsp3) is 0.714. The van der Waals surface area contributed by atoms with E-state index in [1.165, 1.54) is 0 Å². The maximum absolute atomic E-state index is 4.10. The summed E-state index contributed by atoms with van der Waals surface area (Å²) >= 11 is 4.10. The second-order valence-electron chi connectivity index (χ2n) is 2.51. The zero-order chi connectivity index (χ0) is 7.98. The van der Waals surface area contributed by atoms with E-state index < -0.39 is 0 Å². The molecule has 0 spiro atoms. The first-order valence-corrected chi connectivity index (χ1v) is 3.89. The lowest BCUT2D eigenvalue weighted by Gasteiger charge is -1.89. The third-order valence-electron chi connectivity index (χ3n) is 0.714. The summed E-state index contributed by atoms with van der Waals surface area (Å²) in [5.74, 6) is 0.465. The van der Waals surface area contributed by atoms with Crippen LogP contribution in [0.3, 0.4) is 0 Å². The molecular formula is C7H14N2S. The molecular weight excluding hydrogens is 144 g/mol. The highest BCUT2D eigenvalue weighted by Gasteiger charge is 1.84. The minimum atomic E-state index is 0.185. The number of rotatable bonds is 3. The number of hydrogen-bond acceptors (Lipinski definition) is 3. The molecule has 0 fully saturated rings. The molecule has 10 heavy (non-hydrogen) atoms. The van der Waals surface area contributed by atoms with Crippen LogP contribution in [-0.2, 0) is 0 Å². The predicted octanol–water partition coefficient (Wildman–Crippen LogP) is 2.02. The van der Waals surface area contributed by atoms with Gasteiger partial charge in [-0.05, 0) is 12.8 Å². The van der Waals surface area contributed by atoms with Gasteiger partial charge in [-0.3, -0.25) is 0 Å². The smallest absolute Gasteiger partial charge is 0.0394 e. The number of nitrogens with zero attached hydrogens (tertiary/aromatic N) is 2. The molecule has 0 aromatic carbocycles. The molecule has 3 heteroatoms. The summed E-state index contributed by atoms with van der Waals surface area (Å²) in [4.78, 5) is 0. The topological polar surface area (TPSA) is 24.7 Å². The minimum Gasteiger partial charge on any atom is -0.170 e. The van der Waals surface area contributed by atoms with Crippen LogP contribution in [0.4, 0.5) is 0 Å². The molecule has 0 aliphatic carbocycles. The lowest BCUT2D eigenvalue weighted by Crippen LogP contribution is -1.90. The van der Waals surface area contributed by atoms with E-state index in [-0.39, 0.29) is 5.25 Å².